The van der Waals surface area contributed by atoms with Crippen LogP contribution in [0, 0.1) is 5.92 Å². The van der Waals surface area contributed by atoms with Gasteiger partial charge in [0.15, 0.2) is 0 Å². The molecule has 3 heteroatoms. The van der Waals surface area contributed by atoms with Gasteiger partial charge in [0.1, 0.15) is 0 Å². The standard InChI is InChI=1S/C10H16OS2/c1-2-11-9-6-8(9)7-10-12-4-3-5-13-10/h7-9H,2-6H2,1H3. The fourth-order valence-electron chi connectivity index (χ4n) is 1.49. The number of thioether (sulfide) groups is 2. The summed E-state index contributed by atoms with van der Waals surface area (Å²) in [5.74, 6) is 3.35. The van der Waals surface area contributed by atoms with Gasteiger partial charge in [-0.3, -0.25) is 0 Å². The SMILES string of the molecule is CCOC1CC1C=C1SCCCS1. The minimum atomic E-state index is 0.542. The van der Waals surface area contributed by atoms with Gasteiger partial charge >= 0.3 is 0 Å². The Kier molecular flexibility index (Phi) is 3.64. The molecule has 1 aliphatic carbocycles. The van der Waals surface area contributed by atoms with Crippen LogP contribution in [0.4, 0.5) is 0 Å². The fourth-order valence-corrected chi connectivity index (χ4v) is 4.03. The van der Waals surface area contributed by atoms with Crippen LogP contribution >= 0.6 is 23.5 Å². The van der Waals surface area contributed by atoms with Gasteiger partial charge in [-0.2, -0.15) is 0 Å². The first-order valence-electron chi connectivity index (χ1n) is 4.99. The van der Waals surface area contributed by atoms with E-state index < -0.39 is 0 Å². The van der Waals surface area contributed by atoms with Gasteiger partial charge in [-0.15, -0.1) is 23.5 Å². The molecule has 0 radical (unpaired) electrons. The van der Waals surface area contributed by atoms with E-state index >= 15 is 0 Å². The first-order chi connectivity index (χ1) is 6.40. The Hall–Kier alpha value is 0.400. The Labute approximate surface area is 88.7 Å². The van der Waals surface area contributed by atoms with Crippen LogP contribution in [0.5, 0.6) is 0 Å². The van der Waals surface area contributed by atoms with Crippen molar-refractivity contribution in [1.29, 1.82) is 0 Å². The summed E-state index contributed by atoms with van der Waals surface area (Å²) in [6.45, 7) is 2.94. The molecule has 1 saturated heterocycles. The minimum absolute atomic E-state index is 0.542. The van der Waals surface area contributed by atoms with Gasteiger partial charge in [-0.25, -0.2) is 0 Å². The van der Waals surface area contributed by atoms with Crippen molar-refractivity contribution in [2.45, 2.75) is 25.9 Å². The Morgan fingerprint density at radius 1 is 1.46 bits per heavy atom. The molecule has 1 heterocycles. The van der Waals surface area contributed by atoms with Gasteiger partial charge in [0.2, 0.25) is 0 Å². The van der Waals surface area contributed by atoms with Crippen molar-refractivity contribution >= 4 is 23.5 Å². The van der Waals surface area contributed by atoms with Crippen LogP contribution in [-0.2, 0) is 4.74 Å². The summed E-state index contributed by atoms with van der Waals surface area (Å²) < 4.78 is 7.08. The summed E-state index contributed by atoms with van der Waals surface area (Å²) in [5.41, 5.74) is 0. The van der Waals surface area contributed by atoms with Gasteiger partial charge in [0.05, 0.1) is 6.10 Å². The lowest BCUT2D eigenvalue weighted by molar-refractivity contribution is 0.126. The third kappa shape index (κ3) is 2.93. The lowest BCUT2D eigenvalue weighted by Crippen LogP contribution is -1.96. The predicted molar refractivity (Wildman–Crippen MR) is 61.1 cm³/mol. The van der Waals surface area contributed by atoms with Crippen LogP contribution in [0.25, 0.3) is 0 Å². The highest BCUT2D eigenvalue weighted by molar-refractivity contribution is 8.22. The molecular formula is C10H16OS2. The number of ether oxygens (including phenoxy) is 1. The highest BCUT2D eigenvalue weighted by atomic mass is 32.2. The van der Waals surface area contributed by atoms with E-state index in [9.17, 15) is 0 Å². The quantitative estimate of drug-likeness (QED) is 0.717. The summed E-state index contributed by atoms with van der Waals surface area (Å²) in [6.07, 6.45) is 5.58. The summed E-state index contributed by atoms with van der Waals surface area (Å²) in [6, 6.07) is 0. The summed E-state index contributed by atoms with van der Waals surface area (Å²) in [4.78, 5) is 0. The molecule has 2 rings (SSSR count). The monoisotopic (exact) mass is 216 g/mol. The normalized spacial score (nSPS) is 33.2. The molecule has 0 N–H and O–H groups in total. The molecule has 0 bridgehead atoms. The minimum Gasteiger partial charge on any atom is -0.378 e. The molecule has 13 heavy (non-hydrogen) atoms. The smallest absolute Gasteiger partial charge is 0.0645 e. The average Bonchev–Trinajstić information content (AvgIpc) is 2.86. The first kappa shape index (κ1) is 9.94. The van der Waals surface area contributed by atoms with Crippen LogP contribution in [-0.4, -0.2) is 24.2 Å². The van der Waals surface area contributed by atoms with Crippen LogP contribution in [0.1, 0.15) is 19.8 Å². The highest BCUT2D eigenvalue weighted by Crippen LogP contribution is 2.42. The van der Waals surface area contributed by atoms with Crippen molar-refractivity contribution in [3.63, 3.8) is 0 Å². The Balaban J connectivity index is 1.77. The van der Waals surface area contributed by atoms with E-state index in [1.54, 1.807) is 4.24 Å². The maximum atomic E-state index is 5.54. The molecular weight excluding hydrogens is 200 g/mol. The van der Waals surface area contributed by atoms with Gasteiger partial charge in [0, 0.05) is 16.8 Å². The lowest BCUT2D eigenvalue weighted by Gasteiger charge is -2.12. The topological polar surface area (TPSA) is 9.23 Å². The molecule has 1 nitrogen and oxygen atoms in total. The van der Waals surface area contributed by atoms with Crippen molar-refractivity contribution in [2.24, 2.45) is 5.92 Å². The Bertz CT molecular complexity index is 195. The van der Waals surface area contributed by atoms with E-state index in [4.69, 9.17) is 4.74 Å². The van der Waals surface area contributed by atoms with Crippen LogP contribution in [0.15, 0.2) is 10.3 Å². The Morgan fingerprint density at radius 3 is 2.92 bits per heavy atom. The third-order valence-corrected chi connectivity index (χ3v) is 4.82. The molecule has 0 aromatic carbocycles. The molecule has 2 aliphatic rings. The highest BCUT2D eigenvalue weighted by Gasteiger charge is 2.36. The molecule has 0 aromatic heterocycles. The number of rotatable bonds is 3. The van der Waals surface area contributed by atoms with Gasteiger partial charge in [-0.05, 0) is 31.3 Å². The second-order valence-electron chi connectivity index (χ2n) is 3.43. The maximum Gasteiger partial charge on any atom is 0.0645 e. The number of hydrogen-bond acceptors (Lipinski definition) is 3. The van der Waals surface area contributed by atoms with E-state index in [0.29, 0.717) is 6.10 Å². The average molecular weight is 216 g/mol. The summed E-state index contributed by atoms with van der Waals surface area (Å²) in [7, 11) is 0. The van der Waals surface area contributed by atoms with Crippen molar-refractivity contribution in [3.05, 3.63) is 10.3 Å². The van der Waals surface area contributed by atoms with E-state index in [-0.39, 0.29) is 0 Å². The van der Waals surface area contributed by atoms with Crippen molar-refractivity contribution < 1.29 is 4.74 Å². The Morgan fingerprint density at radius 2 is 2.23 bits per heavy atom. The van der Waals surface area contributed by atoms with Gasteiger partial charge in [0.25, 0.3) is 0 Å². The predicted octanol–water partition coefficient (Wildman–Crippen LogP) is 3.12. The van der Waals surface area contributed by atoms with E-state index in [1.807, 2.05) is 23.5 Å². The molecule has 1 saturated carbocycles. The molecule has 2 atom stereocenters. The molecule has 1 aliphatic heterocycles. The largest absolute Gasteiger partial charge is 0.378 e. The van der Waals surface area contributed by atoms with Crippen LogP contribution in [0.3, 0.4) is 0 Å². The van der Waals surface area contributed by atoms with E-state index in [2.05, 4.69) is 13.0 Å². The van der Waals surface area contributed by atoms with Gasteiger partial charge < -0.3 is 4.74 Å². The lowest BCUT2D eigenvalue weighted by atomic mass is 10.4. The van der Waals surface area contributed by atoms with E-state index in [0.717, 1.165) is 12.5 Å². The molecule has 0 amide bonds. The zero-order chi connectivity index (χ0) is 9.10. The van der Waals surface area contributed by atoms with Crippen molar-refractivity contribution in [2.75, 3.05) is 18.1 Å². The maximum absolute atomic E-state index is 5.54. The van der Waals surface area contributed by atoms with E-state index in [1.165, 1.54) is 24.3 Å². The second kappa shape index (κ2) is 4.76. The summed E-state index contributed by atoms with van der Waals surface area (Å²) >= 11 is 4.04. The zero-order valence-corrected chi connectivity index (χ0v) is 9.63. The second-order valence-corrected chi connectivity index (χ2v) is 5.96. The summed E-state index contributed by atoms with van der Waals surface area (Å²) in [5, 5.41) is 0. The van der Waals surface area contributed by atoms with Gasteiger partial charge in [-0.1, -0.05) is 6.08 Å². The molecule has 74 valence electrons. The molecule has 2 fully saturated rings. The van der Waals surface area contributed by atoms with Crippen LogP contribution < -0.4 is 0 Å². The first-order valence-corrected chi connectivity index (χ1v) is 6.96. The third-order valence-electron chi connectivity index (χ3n) is 2.29. The number of hydrogen-bond donors (Lipinski definition) is 0. The zero-order valence-electron chi connectivity index (χ0n) is 7.99. The fraction of sp³-hybridized carbons (Fsp3) is 0.800. The molecule has 0 aromatic rings. The molecule has 0 spiro atoms. The van der Waals surface area contributed by atoms with Crippen molar-refractivity contribution in [3.8, 4) is 0 Å². The van der Waals surface area contributed by atoms with Crippen molar-refractivity contribution in [1.82, 2.24) is 0 Å². The van der Waals surface area contributed by atoms with Crippen LogP contribution in [0.2, 0.25) is 0 Å². The molecule has 2 unspecified atom stereocenters.